The third-order valence-electron chi connectivity index (χ3n) is 7.57. The van der Waals surface area contributed by atoms with E-state index in [1.54, 1.807) is 12.1 Å². The minimum absolute atomic E-state index is 0.148. The van der Waals surface area contributed by atoms with Crippen molar-refractivity contribution in [3.8, 4) is 0 Å². The molecule has 7 nitrogen and oxygen atoms in total. The molecule has 1 aliphatic heterocycles. The van der Waals surface area contributed by atoms with Crippen LogP contribution in [0.4, 0.5) is 4.39 Å². The lowest BCUT2D eigenvalue weighted by molar-refractivity contribution is -0.133. The molecule has 1 saturated heterocycles. The Morgan fingerprint density at radius 1 is 1.14 bits per heavy atom. The first kappa shape index (κ1) is 26.1. The Morgan fingerprint density at radius 2 is 1.86 bits per heavy atom. The molecule has 3 aromatic rings. The zero-order chi connectivity index (χ0) is 25.8. The van der Waals surface area contributed by atoms with Crippen molar-refractivity contribution in [1.29, 1.82) is 0 Å². The molecule has 1 aromatic carbocycles. The fourth-order valence-electron chi connectivity index (χ4n) is 5.56. The lowest BCUT2D eigenvalue weighted by Crippen LogP contribution is -2.46. The number of nitrogens with zero attached hydrogens (tertiary/aromatic N) is 6. The van der Waals surface area contributed by atoms with Crippen LogP contribution in [0.2, 0.25) is 0 Å². The number of likely N-dealkylation sites (N-methyl/N-ethyl adjacent to an activating group) is 1. The minimum atomic E-state index is -0.148. The normalized spacial score (nSPS) is 15.6. The van der Waals surface area contributed by atoms with Crippen LogP contribution in [0.3, 0.4) is 0 Å². The van der Waals surface area contributed by atoms with Crippen molar-refractivity contribution in [2.24, 2.45) is 13.0 Å². The molecule has 0 spiro atoms. The molecule has 0 bridgehead atoms. The number of benzene rings is 1. The molecule has 1 amide bonds. The number of aryl methyl sites for hydroxylation is 5. The standard InChI is InChI=1S/C28H39FN6O/c1-20-16-21(2)35(30-20)15-12-28(36)34-13-10-23(11-14-34)27(17-24-8-6-7-9-26(24)29)32(4)18-25-19-33(5)31-22(25)3/h6-9,16,19,23,27H,10-15,17-18H2,1-5H3. The average Bonchev–Trinajstić information content (AvgIpc) is 3.34. The summed E-state index contributed by atoms with van der Waals surface area (Å²) in [7, 11) is 4.07. The molecule has 0 radical (unpaired) electrons. The van der Waals surface area contributed by atoms with Crippen molar-refractivity contribution < 1.29 is 9.18 Å². The van der Waals surface area contributed by atoms with Crippen molar-refractivity contribution >= 4 is 5.91 Å². The van der Waals surface area contributed by atoms with E-state index in [9.17, 15) is 9.18 Å². The first-order valence-electron chi connectivity index (χ1n) is 12.9. The summed E-state index contributed by atoms with van der Waals surface area (Å²) in [5.41, 5.74) is 5.03. The van der Waals surface area contributed by atoms with E-state index in [4.69, 9.17) is 0 Å². The summed E-state index contributed by atoms with van der Waals surface area (Å²) in [5.74, 6) is 0.419. The van der Waals surface area contributed by atoms with E-state index in [1.165, 1.54) is 5.56 Å². The number of amides is 1. The Morgan fingerprint density at radius 3 is 2.47 bits per heavy atom. The van der Waals surface area contributed by atoms with Crippen LogP contribution in [0.25, 0.3) is 0 Å². The first-order valence-corrected chi connectivity index (χ1v) is 12.9. The van der Waals surface area contributed by atoms with E-state index < -0.39 is 0 Å². The Labute approximate surface area is 213 Å². The quantitative estimate of drug-likeness (QED) is 0.450. The van der Waals surface area contributed by atoms with Gasteiger partial charge < -0.3 is 4.90 Å². The van der Waals surface area contributed by atoms with Crippen LogP contribution in [-0.4, -0.2) is 61.4 Å². The Hall–Kier alpha value is -3.00. The molecule has 1 fully saturated rings. The third-order valence-corrected chi connectivity index (χ3v) is 7.57. The van der Waals surface area contributed by atoms with Crippen molar-refractivity contribution in [2.75, 3.05) is 20.1 Å². The summed E-state index contributed by atoms with van der Waals surface area (Å²) < 4.78 is 18.4. The maximum absolute atomic E-state index is 14.6. The maximum Gasteiger partial charge on any atom is 0.224 e. The van der Waals surface area contributed by atoms with E-state index in [0.29, 0.717) is 25.3 Å². The molecule has 8 heteroatoms. The van der Waals surface area contributed by atoms with Gasteiger partial charge in [0.1, 0.15) is 5.82 Å². The van der Waals surface area contributed by atoms with E-state index in [0.717, 1.165) is 55.1 Å². The lowest BCUT2D eigenvalue weighted by atomic mass is 9.84. The number of piperidine rings is 1. The van der Waals surface area contributed by atoms with Crippen molar-refractivity contribution in [2.45, 2.75) is 65.6 Å². The second kappa shape index (κ2) is 11.4. The van der Waals surface area contributed by atoms with Gasteiger partial charge in [0, 0.05) is 63.1 Å². The highest BCUT2D eigenvalue weighted by Gasteiger charge is 2.31. The largest absolute Gasteiger partial charge is 0.343 e. The Kier molecular flexibility index (Phi) is 8.24. The topological polar surface area (TPSA) is 59.2 Å². The lowest BCUT2D eigenvalue weighted by Gasteiger charge is -2.40. The highest BCUT2D eigenvalue weighted by molar-refractivity contribution is 5.76. The van der Waals surface area contributed by atoms with E-state index >= 15 is 0 Å². The van der Waals surface area contributed by atoms with Gasteiger partial charge in [-0.3, -0.25) is 19.1 Å². The van der Waals surface area contributed by atoms with Gasteiger partial charge in [0.05, 0.1) is 11.4 Å². The fourth-order valence-corrected chi connectivity index (χ4v) is 5.56. The van der Waals surface area contributed by atoms with Gasteiger partial charge in [-0.05, 0) is 70.7 Å². The number of likely N-dealkylation sites (tertiary alicyclic amines) is 1. The van der Waals surface area contributed by atoms with Gasteiger partial charge in [-0.15, -0.1) is 0 Å². The van der Waals surface area contributed by atoms with Crippen molar-refractivity contribution in [3.05, 3.63) is 70.6 Å². The van der Waals surface area contributed by atoms with Crippen LogP contribution in [0, 0.1) is 32.5 Å². The summed E-state index contributed by atoms with van der Waals surface area (Å²) in [6.45, 7) is 8.89. The first-order chi connectivity index (χ1) is 17.2. The SMILES string of the molecule is Cc1cc(C)n(CCC(=O)N2CCC(C(Cc3ccccc3F)N(C)Cc3cn(C)nc3C)CC2)n1. The van der Waals surface area contributed by atoms with Crippen molar-refractivity contribution in [3.63, 3.8) is 0 Å². The number of hydrogen-bond donors (Lipinski definition) is 0. The van der Waals surface area contributed by atoms with Gasteiger partial charge in [-0.25, -0.2) is 4.39 Å². The predicted molar refractivity (Wildman–Crippen MR) is 139 cm³/mol. The molecule has 4 rings (SSSR count). The molecule has 194 valence electrons. The van der Waals surface area contributed by atoms with Gasteiger partial charge in [0.15, 0.2) is 0 Å². The van der Waals surface area contributed by atoms with Gasteiger partial charge >= 0.3 is 0 Å². The average molecular weight is 495 g/mol. The van der Waals surface area contributed by atoms with Crippen LogP contribution >= 0.6 is 0 Å². The highest BCUT2D eigenvalue weighted by atomic mass is 19.1. The summed E-state index contributed by atoms with van der Waals surface area (Å²) in [4.78, 5) is 17.3. The highest BCUT2D eigenvalue weighted by Crippen LogP contribution is 2.28. The third kappa shape index (κ3) is 6.22. The van der Waals surface area contributed by atoms with Crippen LogP contribution < -0.4 is 0 Å². The molecule has 0 saturated carbocycles. The molecular weight excluding hydrogens is 455 g/mol. The zero-order valence-corrected chi connectivity index (χ0v) is 22.2. The Bertz CT molecular complexity index is 1180. The van der Waals surface area contributed by atoms with Crippen LogP contribution in [0.15, 0.2) is 36.5 Å². The van der Waals surface area contributed by atoms with Crippen molar-refractivity contribution in [1.82, 2.24) is 29.4 Å². The van der Waals surface area contributed by atoms with Crippen LogP contribution in [0.5, 0.6) is 0 Å². The summed E-state index contributed by atoms with van der Waals surface area (Å²) in [6.07, 6.45) is 5.02. The molecule has 1 unspecified atom stereocenters. The maximum atomic E-state index is 14.6. The van der Waals surface area contributed by atoms with Gasteiger partial charge in [-0.2, -0.15) is 10.2 Å². The second-order valence-corrected chi connectivity index (χ2v) is 10.3. The van der Waals surface area contributed by atoms with E-state index in [-0.39, 0.29) is 17.8 Å². The van der Waals surface area contributed by atoms with Gasteiger partial charge in [0.2, 0.25) is 5.91 Å². The van der Waals surface area contributed by atoms with E-state index in [2.05, 4.69) is 28.3 Å². The van der Waals surface area contributed by atoms with Gasteiger partial charge in [0.25, 0.3) is 0 Å². The van der Waals surface area contributed by atoms with Gasteiger partial charge in [-0.1, -0.05) is 18.2 Å². The molecule has 0 N–H and O–H groups in total. The predicted octanol–water partition coefficient (Wildman–Crippen LogP) is 4.05. The molecule has 2 aromatic heterocycles. The zero-order valence-electron chi connectivity index (χ0n) is 22.2. The molecule has 36 heavy (non-hydrogen) atoms. The number of hydrogen-bond acceptors (Lipinski definition) is 4. The molecule has 0 aliphatic carbocycles. The molecule has 1 atom stereocenters. The second-order valence-electron chi connectivity index (χ2n) is 10.3. The number of rotatable bonds is 9. The smallest absolute Gasteiger partial charge is 0.224 e. The number of aromatic nitrogens is 4. The number of carbonyl (C=O) groups is 1. The molecule has 1 aliphatic rings. The monoisotopic (exact) mass is 494 g/mol. The van der Waals surface area contributed by atoms with Crippen LogP contribution in [-0.2, 0) is 31.4 Å². The summed E-state index contributed by atoms with van der Waals surface area (Å²) >= 11 is 0. The summed E-state index contributed by atoms with van der Waals surface area (Å²) in [5, 5.41) is 8.96. The minimum Gasteiger partial charge on any atom is -0.343 e. The van der Waals surface area contributed by atoms with Crippen LogP contribution in [0.1, 0.15) is 47.5 Å². The van der Waals surface area contributed by atoms with E-state index in [1.807, 2.05) is 60.3 Å². The Balaban J connectivity index is 1.41. The number of halogens is 1. The summed E-state index contributed by atoms with van der Waals surface area (Å²) in [6, 6.07) is 9.30. The molecular formula is C28H39FN6O. The molecule has 3 heterocycles. The fraction of sp³-hybridized carbons (Fsp3) is 0.536. The number of carbonyl (C=O) groups excluding carboxylic acids is 1.